The van der Waals surface area contributed by atoms with Crippen LogP contribution in [0.4, 0.5) is 5.69 Å². The quantitative estimate of drug-likeness (QED) is 0.315. The van der Waals surface area contributed by atoms with E-state index >= 15 is 0 Å². The first-order valence-electron chi connectivity index (χ1n) is 8.43. The van der Waals surface area contributed by atoms with Gasteiger partial charge in [0.15, 0.2) is 5.96 Å². The fourth-order valence-corrected chi connectivity index (χ4v) is 2.13. The average molecular weight is 462 g/mol. The van der Waals surface area contributed by atoms with E-state index in [1.807, 2.05) is 25.1 Å². The average Bonchev–Trinajstić information content (AvgIpc) is 2.52. The number of benzene rings is 1. The number of amides is 1. The van der Waals surface area contributed by atoms with Crippen LogP contribution in [-0.2, 0) is 11.3 Å². The molecule has 0 unspecified atom stereocenters. The van der Waals surface area contributed by atoms with Crippen LogP contribution in [0.15, 0.2) is 23.2 Å². The number of aliphatic imine (C=N–C) groups is 1. The van der Waals surface area contributed by atoms with E-state index < -0.39 is 0 Å². The number of nitrogens with zero attached hydrogens (tertiary/aromatic N) is 1. The van der Waals surface area contributed by atoms with Crippen molar-refractivity contribution in [2.24, 2.45) is 10.9 Å². The summed E-state index contributed by atoms with van der Waals surface area (Å²) in [7, 11) is 1.58. The SMILES string of the molecule is CCNC(=NCc1ccc(OC)c(NC(C)=O)c1)NCCC(C)C.I. The summed E-state index contributed by atoms with van der Waals surface area (Å²) in [5.74, 6) is 1.97. The minimum Gasteiger partial charge on any atom is -0.495 e. The van der Waals surface area contributed by atoms with Crippen molar-refractivity contribution in [3.05, 3.63) is 23.8 Å². The Balaban J connectivity index is 0.00000576. The number of rotatable bonds is 8. The number of carbonyl (C=O) groups excluding carboxylic acids is 1. The maximum Gasteiger partial charge on any atom is 0.221 e. The summed E-state index contributed by atoms with van der Waals surface area (Å²) in [5, 5.41) is 9.36. The third kappa shape index (κ3) is 9.52. The number of nitrogens with one attached hydrogen (secondary N) is 3. The Bertz CT molecular complexity index is 562. The molecular weight excluding hydrogens is 431 g/mol. The molecule has 0 aromatic heterocycles. The molecule has 1 amide bonds. The molecule has 3 N–H and O–H groups in total. The molecule has 0 saturated heterocycles. The molecule has 0 atom stereocenters. The van der Waals surface area contributed by atoms with E-state index in [0.29, 0.717) is 23.9 Å². The van der Waals surface area contributed by atoms with Gasteiger partial charge in [0.1, 0.15) is 5.75 Å². The van der Waals surface area contributed by atoms with Crippen molar-refractivity contribution in [2.75, 3.05) is 25.5 Å². The van der Waals surface area contributed by atoms with Gasteiger partial charge >= 0.3 is 0 Å². The predicted molar refractivity (Wildman–Crippen MR) is 115 cm³/mol. The Hall–Kier alpha value is -1.51. The smallest absolute Gasteiger partial charge is 0.221 e. The van der Waals surface area contributed by atoms with E-state index in [1.54, 1.807) is 7.11 Å². The van der Waals surface area contributed by atoms with Crippen molar-refractivity contribution >= 4 is 41.5 Å². The minimum atomic E-state index is -0.127. The summed E-state index contributed by atoms with van der Waals surface area (Å²) < 4.78 is 5.27. The number of guanidine groups is 1. The van der Waals surface area contributed by atoms with Gasteiger partial charge in [-0.05, 0) is 37.0 Å². The van der Waals surface area contributed by atoms with Crippen molar-refractivity contribution in [2.45, 2.75) is 40.7 Å². The monoisotopic (exact) mass is 462 g/mol. The molecule has 142 valence electrons. The van der Waals surface area contributed by atoms with Crippen LogP contribution in [0.5, 0.6) is 5.75 Å². The van der Waals surface area contributed by atoms with Gasteiger partial charge in [-0.2, -0.15) is 0 Å². The van der Waals surface area contributed by atoms with Crippen LogP contribution in [0, 0.1) is 5.92 Å². The second kappa shape index (κ2) is 12.8. The van der Waals surface area contributed by atoms with E-state index in [-0.39, 0.29) is 29.9 Å². The predicted octanol–water partition coefficient (Wildman–Crippen LogP) is 3.37. The number of carbonyl (C=O) groups is 1. The summed E-state index contributed by atoms with van der Waals surface area (Å²) in [6.07, 6.45) is 1.10. The van der Waals surface area contributed by atoms with Crippen LogP contribution in [-0.4, -0.2) is 32.1 Å². The minimum absolute atomic E-state index is 0. The number of hydrogen-bond donors (Lipinski definition) is 3. The molecule has 0 heterocycles. The molecule has 0 fully saturated rings. The van der Waals surface area contributed by atoms with Crippen LogP contribution in [0.1, 0.15) is 39.7 Å². The number of halogens is 1. The highest BCUT2D eigenvalue weighted by atomic mass is 127. The molecule has 1 rings (SSSR count). The first-order valence-corrected chi connectivity index (χ1v) is 8.43. The number of ether oxygens (including phenoxy) is 1. The van der Waals surface area contributed by atoms with Gasteiger partial charge in [0.2, 0.25) is 5.91 Å². The summed E-state index contributed by atoms with van der Waals surface area (Å²) in [6, 6.07) is 5.68. The molecule has 0 aliphatic rings. The Morgan fingerprint density at radius 2 is 2.00 bits per heavy atom. The molecule has 7 heteroatoms. The Morgan fingerprint density at radius 1 is 1.28 bits per heavy atom. The van der Waals surface area contributed by atoms with Crippen LogP contribution in [0.3, 0.4) is 0 Å². The second-order valence-electron chi connectivity index (χ2n) is 6.02. The molecule has 0 aliphatic heterocycles. The Morgan fingerprint density at radius 3 is 2.56 bits per heavy atom. The van der Waals surface area contributed by atoms with Gasteiger partial charge in [-0.1, -0.05) is 19.9 Å². The van der Waals surface area contributed by atoms with E-state index in [9.17, 15) is 4.79 Å². The first-order chi connectivity index (χ1) is 11.5. The van der Waals surface area contributed by atoms with Gasteiger partial charge < -0.3 is 20.7 Å². The van der Waals surface area contributed by atoms with Gasteiger partial charge in [-0.25, -0.2) is 4.99 Å². The molecule has 0 saturated carbocycles. The van der Waals surface area contributed by atoms with Gasteiger partial charge in [0, 0.05) is 20.0 Å². The van der Waals surface area contributed by atoms with E-state index in [1.165, 1.54) is 6.92 Å². The summed E-state index contributed by atoms with van der Waals surface area (Å²) in [6.45, 7) is 10.2. The number of anilines is 1. The zero-order valence-electron chi connectivity index (χ0n) is 15.8. The summed E-state index contributed by atoms with van der Waals surface area (Å²) in [4.78, 5) is 15.9. The van der Waals surface area contributed by atoms with Crippen LogP contribution < -0.4 is 20.7 Å². The molecular formula is C18H31IN4O2. The molecule has 25 heavy (non-hydrogen) atoms. The van der Waals surface area contributed by atoms with Gasteiger partial charge in [-0.3, -0.25) is 4.79 Å². The highest BCUT2D eigenvalue weighted by Gasteiger charge is 2.06. The highest BCUT2D eigenvalue weighted by Crippen LogP contribution is 2.25. The molecule has 0 aliphatic carbocycles. The van der Waals surface area contributed by atoms with Crippen molar-refractivity contribution in [3.63, 3.8) is 0 Å². The third-order valence-electron chi connectivity index (χ3n) is 3.35. The highest BCUT2D eigenvalue weighted by molar-refractivity contribution is 14.0. The maximum atomic E-state index is 11.3. The molecule has 1 aromatic carbocycles. The topological polar surface area (TPSA) is 74.8 Å². The largest absolute Gasteiger partial charge is 0.495 e. The Kier molecular flexibility index (Phi) is 12.0. The van der Waals surface area contributed by atoms with Crippen molar-refractivity contribution in [3.8, 4) is 5.75 Å². The zero-order chi connectivity index (χ0) is 17.9. The number of hydrogen-bond acceptors (Lipinski definition) is 3. The van der Waals surface area contributed by atoms with Gasteiger partial charge in [0.25, 0.3) is 0 Å². The lowest BCUT2D eigenvalue weighted by Crippen LogP contribution is -2.38. The van der Waals surface area contributed by atoms with E-state index in [4.69, 9.17) is 4.74 Å². The summed E-state index contributed by atoms with van der Waals surface area (Å²) in [5.41, 5.74) is 1.66. The van der Waals surface area contributed by atoms with Gasteiger partial charge in [-0.15, -0.1) is 24.0 Å². The molecule has 1 aromatic rings. The maximum absolute atomic E-state index is 11.3. The molecule has 0 radical (unpaired) electrons. The Labute approximate surface area is 168 Å². The summed E-state index contributed by atoms with van der Waals surface area (Å²) >= 11 is 0. The fourth-order valence-electron chi connectivity index (χ4n) is 2.13. The molecule has 0 bridgehead atoms. The lowest BCUT2D eigenvalue weighted by molar-refractivity contribution is -0.114. The first kappa shape index (κ1) is 23.5. The normalized spacial score (nSPS) is 10.9. The molecule has 0 spiro atoms. The zero-order valence-corrected chi connectivity index (χ0v) is 18.1. The molecule has 6 nitrogen and oxygen atoms in total. The number of methoxy groups -OCH3 is 1. The third-order valence-corrected chi connectivity index (χ3v) is 3.35. The van der Waals surface area contributed by atoms with Gasteiger partial charge in [0.05, 0.1) is 19.3 Å². The standard InChI is InChI=1S/C18H30N4O2.HI/c1-6-19-18(20-10-9-13(2)3)21-12-15-7-8-17(24-5)16(11-15)22-14(4)23;/h7-8,11,13H,6,9-10,12H2,1-5H3,(H,22,23)(H2,19,20,21);1H. The van der Waals surface area contributed by atoms with Crippen molar-refractivity contribution < 1.29 is 9.53 Å². The second-order valence-corrected chi connectivity index (χ2v) is 6.02. The van der Waals surface area contributed by atoms with Crippen molar-refractivity contribution in [1.82, 2.24) is 10.6 Å². The van der Waals surface area contributed by atoms with E-state index in [0.717, 1.165) is 31.0 Å². The van der Waals surface area contributed by atoms with Crippen LogP contribution >= 0.6 is 24.0 Å². The fraction of sp³-hybridized carbons (Fsp3) is 0.556. The van der Waals surface area contributed by atoms with E-state index in [2.05, 4.69) is 34.8 Å². The lowest BCUT2D eigenvalue weighted by atomic mass is 10.1. The van der Waals surface area contributed by atoms with Crippen LogP contribution in [0.2, 0.25) is 0 Å². The van der Waals surface area contributed by atoms with Crippen LogP contribution in [0.25, 0.3) is 0 Å². The van der Waals surface area contributed by atoms with Crippen molar-refractivity contribution in [1.29, 1.82) is 0 Å². The lowest BCUT2D eigenvalue weighted by Gasteiger charge is -2.13.